The Hall–Kier alpha value is -0.0300. The Morgan fingerprint density at radius 2 is 1.25 bits per heavy atom. The van der Waals surface area contributed by atoms with Crippen LogP contribution in [-0.4, -0.2) is 101 Å². The number of carbonyl (C=O) groups is 1. The van der Waals surface area contributed by atoms with Gasteiger partial charge in [-0.25, -0.2) is 0 Å². The average molecular weight is 507 g/mol. The van der Waals surface area contributed by atoms with Crippen molar-refractivity contribution >= 4 is 21.8 Å². The summed E-state index contributed by atoms with van der Waals surface area (Å²) in [4.78, 5) is 34.7. The normalized spacial score (nSPS) is 13.5. The summed E-state index contributed by atoms with van der Waals surface area (Å²) in [6.45, 7) is 7.16. The maximum absolute atomic E-state index is 12.1. The fourth-order valence-corrected chi connectivity index (χ4v) is 5.71. The number of amides is 1. The molecule has 0 aromatic heterocycles. The zero-order valence-electron chi connectivity index (χ0n) is 20.6. The van der Waals surface area contributed by atoms with E-state index in [0.29, 0.717) is 25.9 Å². The zero-order chi connectivity index (χ0) is 24.3. The molecule has 0 saturated heterocycles. The molecule has 0 radical (unpaired) electrons. The summed E-state index contributed by atoms with van der Waals surface area (Å²) in [6.07, 6.45) is 4.21. The van der Waals surface area contributed by atoms with Crippen molar-refractivity contribution in [3.63, 3.8) is 0 Å². The molecule has 1 amide bonds. The Morgan fingerprint density at radius 3 is 1.72 bits per heavy atom. The second kappa shape index (κ2) is 19.3. The van der Waals surface area contributed by atoms with Crippen molar-refractivity contribution in [3.05, 3.63) is 0 Å². The third-order valence-corrected chi connectivity index (χ3v) is 9.23. The first kappa shape index (κ1) is 32.0. The van der Waals surface area contributed by atoms with Gasteiger partial charge in [0.05, 0.1) is 0 Å². The van der Waals surface area contributed by atoms with Gasteiger partial charge in [-0.3, -0.25) is 0 Å². The number of nitrogens with one attached hydrogen (secondary N) is 3. The number of nitrogens with zero attached hydrogens (tertiary/aromatic N) is 1. The van der Waals surface area contributed by atoms with Gasteiger partial charge < -0.3 is 5.32 Å². The van der Waals surface area contributed by atoms with Crippen LogP contribution in [0.4, 0.5) is 0 Å². The van der Waals surface area contributed by atoms with E-state index in [-0.39, 0.29) is 18.5 Å². The summed E-state index contributed by atoms with van der Waals surface area (Å²) in [6, 6.07) is 0. The zero-order valence-corrected chi connectivity index (χ0v) is 22.6. The first-order valence-corrected chi connectivity index (χ1v) is 15.3. The molecule has 0 bridgehead atoms. The summed E-state index contributed by atoms with van der Waals surface area (Å²) in [5, 5.41) is 9.67. The van der Waals surface area contributed by atoms with Gasteiger partial charge in [0.1, 0.15) is 0 Å². The van der Waals surface area contributed by atoms with Gasteiger partial charge in [-0.1, -0.05) is 6.92 Å². The summed E-state index contributed by atoms with van der Waals surface area (Å²) >= 11 is 0. The van der Waals surface area contributed by atoms with Crippen LogP contribution in [0.5, 0.6) is 0 Å². The van der Waals surface area contributed by atoms with Gasteiger partial charge in [0, 0.05) is 0 Å². The molecule has 0 spiro atoms. The molecule has 32 heavy (non-hydrogen) atoms. The molecule has 0 fully saturated rings. The second-order valence-electron chi connectivity index (χ2n) is 7.61. The molecule has 0 aliphatic heterocycles. The Morgan fingerprint density at radius 1 is 0.781 bits per heavy atom. The summed E-state index contributed by atoms with van der Waals surface area (Å²) in [7, 11) is -1.25. The molecule has 196 valence electrons. The van der Waals surface area contributed by atoms with Crippen LogP contribution in [0.2, 0.25) is 0 Å². The molecule has 0 unspecified atom stereocenters. The van der Waals surface area contributed by atoms with Gasteiger partial charge in [0.2, 0.25) is 0 Å². The molecule has 0 aliphatic carbocycles. The van der Waals surface area contributed by atoms with E-state index in [0.717, 1.165) is 45.4 Å². The second-order valence-corrected chi connectivity index (χ2v) is 12.7. The van der Waals surface area contributed by atoms with Gasteiger partial charge in [-0.05, 0) is 25.9 Å². The van der Waals surface area contributed by atoms with Crippen LogP contribution in [-0.2, 0) is 22.9 Å². The van der Waals surface area contributed by atoms with Crippen LogP contribution in [0.15, 0.2) is 0 Å². The van der Waals surface area contributed by atoms with E-state index in [4.69, 9.17) is 18.1 Å². The van der Waals surface area contributed by atoms with E-state index in [1.165, 1.54) is 28.4 Å². The fraction of sp³-hybridized carbons (Fsp3) is 0.947. The molecule has 0 saturated carbocycles. The van der Waals surface area contributed by atoms with Gasteiger partial charge in [0.15, 0.2) is 0 Å². The molecular formula is C19H48N4O7P2. The van der Waals surface area contributed by atoms with E-state index in [9.17, 15) is 14.6 Å². The van der Waals surface area contributed by atoms with Crippen LogP contribution in [0, 0.1) is 0 Å². The topological polar surface area (TPSA) is 134 Å². The maximum atomic E-state index is 12.1. The van der Waals surface area contributed by atoms with Gasteiger partial charge in [0.25, 0.3) is 0 Å². The molecular weight excluding hydrogens is 458 g/mol. The van der Waals surface area contributed by atoms with E-state index in [1.807, 2.05) is 0 Å². The first-order valence-electron chi connectivity index (χ1n) is 11.3. The fourth-order valence-electron chi connectivity index (χ4n) is 2.96. The number of hydrogen-bond donors (Lipinski definition) is 5. The van der Waals surface area contributed by atoms with E-state index >= 15 is 0 Å². The summed E-state index contributed by atoms with van der Waals surface area (Å²) in [5.74, 6) is -0.0225. The Balaban J connectivity index is 4.19. The first-order chi connectivity index (χ1) is 15.3. The summed E-state index contributed by atoms with van der Waals surface area (Å²) in [5.41, 5.74) is 0. The quantitative estimate of drug-likeness (QED) is 0.107. The Kier molecular flexibility index (Phi) is 19.3. The SMILES string of the molecule is CCCNCCCNCCCNC(=O)CCCN(C[PH](O)(OC)OC)C[PH](O)(OC)OC. The van der Waals surface area contributed by atoms with Crippen LogP contribution in [0.3, 0.4) is 0 Å². The van der Waals surface area contributed by atoms with Crippen molar-refractivity contribution in [1.82, 2.24) is 20.9 Å². The van der Waals surface area contributed by atoms with E-state index in [2.05, 4.69) is 22.9 Å². The molecule has 11 nitrogen and oxygen atoms in total. The van der Waals surface area contributed by atoms with Crippen molar-refractivity contribution in [2.45, 2.75) is 39.0 Å². The molecule has 0 rings (SSSR count). The third-order valence-electron chi connectivity index (χ3n) is 4.99. The predicted octanol–water partition coefficient (Wildman–Crippen LogP) is 1.03. The van der Waals surface area contributed by atoms with Gasteiger partial charge >= 0.3 is 156 Å². The van der Waals surface area contributed by atoms with Crippen LogP contribution >= 0.6 is 15.9 Å². The predicted molar refractivity (Wildman–Crippen MR) is 133 cm³/mol. The van der Waals surface area contributed by atoms with Crippen LogP contribution in [0.1, 0.15) is 39.0 Å². The molecule has 0 heterocycles. The summed E-state index contributed by atoms with van der Waals surface area (Å²) < 4.78 is 20.6. The van der Waals surface area contributed by atoms with Crippen molar-refractivity contribution in [1.29, 1.82) is 0 Å². The number of carbonyl (C=O) groups excluding carboxylic acids is 1. The van der Waals surface area contributed by atoms with Crippen molar-refractivity contribution < 1.29 is 32.7 Å². The molecule has 0 aliphatic rings. The standard InChI is InChI=1S/C19H48N4O7P2/c1-6-11-20-12-8-13-21-14-9-15-22-19(24)10-7-16-23(17-31(25,27-2)28-3)18-32(26,29-4)30-5/h20-21,25-26,31-32H,6-18H2,1-5H3,(H,22,24). The van der Waals surface area contributed by atoms with Gasteiger partial charge in [-0.15, -0.1) is 0 Å². The monoisotopic (exact) mass is 506 g/mol. The van der Waals surface area contributed by atoms with E-state index in [1.54, 1.807) is 4.90 Å². The molecule has 0 aromatic rings. The molecule has 5 N–H and O–H groups in total. The molecule has 0 aromatic carbocycles. The van der Waals surface area contributed by atoms with Crippen molar-refractivity contribution in [3.8, 4) is 0 Å². The van der Waals surface area contributed by atoms with Crippen LogP contribution in [0.25, 0.3) is 0 Å². The number of rotatable bonds is 22. The Labute approximate surface area is 195 Å². The van der Waals surface area contributed by atoms with Gasteiger partial charge in [-0.2, -0.15) is 0 Å². The van der Waals surface area contributed by atoms with E-state index < -0.39 is 15.9 Å². The van der Waals surface area contributed by atoms with Crippen LogP contribution < -0.4 is 16.0 Å². The van der Waals surface area contributed by atoms with Crippen molar-refractivity contribution in [2.24, 2.45) is 0 Å². The number of hydrogen-bond acceptors (Lipinski definition) is 10. The van der Waals surface area contributed by atoms with Crippen molar-refractivity contribution in [2.75, 3.05) is 80.3 Å². The minimum atomic E-state index is -3.40. The minimum absolute atomic E-state index is 0.0225. The third kappa shape index (κ3) is 15.7. The average Bonchev–Trinajstić information content (AvgIpc) is 2.79. The molecule has 0 atom stereocenters. The molecule has 13 heteroatoms. The Bertz CT molecular complexity index is 453.